The second-order valence-electron chi connectivity index (χ2n) is 8.35. The van der Waals surface area contributed by atoms with Gasteiger partial charge >= 0.3 is 0 Å². The zero-order chi connectivity index (χ0) is 32.6. The number of rotatable bonds is 8. The van der Waals surface area contributed by atoms with Gasteiger partial charge in [0.2, 0.25) is 0 Å². The van der Waals surface area contributed by atoms with Gasteiger partial charge in [-0.3, -0.25) is 20.2 Å². The van der Waals surface area contributed by atoms with E-state index < -0.39 is 72.5 Å². The van der Waals surface area contributed by atoms with E-state index in [1.54, 1.807) is 0 Å². The average Bonchev–Trinajstić information content (AvgIpc) is 2.75. The Morgan fingerprint density at radius 2 is 1.15 bits per heavy atom. The van der Waals surface area contributed by atoms with E-state index in [1.165, 1.54) is 0 Å². The first-order valence-electron chi connectivity index (χ1n) is 13.5. The van der Waals surface area contributed by atoms with Crippen LogP contribution in [0, 0.1) is 20.2 Å². The summed E-state index contributed by atoms with van der Waals surface area (Å²) in [7, 11) is -2.53. The van der Waals surface area contributed by atoms with Crippen molar-refractivity contribution in [3.63, 3.8) is 0 Å². The predicted molar refractivity (Wildman–Crippen MR) is 126 cm³/mol. The van der Waals surface area contributed by atoms with Gasteiger partial charge < -0.3 is 19.7 Å². The van der Waals surface area contributed by atoms with Crippen molar-refractivity contribution < 1.29 is 40.6 Å². The highest BCUT2D eigenvalue weighted by Crippen LogP contribution is 2.37. The Kier molecular flexibility index (Phi) is 6.42. The van der Waals surface area contributed by atoms with Crippen molar-refractivity contribution in [2.75, 3.05) is 0 Å². The van der Waals surface area contributed by atoms with Gasteiger partial charge in [0.05, 0.1) is 47.0 Å². The van der Waals surface area contributed by atoms with Crippen molar-refractivity contribution in [2.24, 2.45) is 0 Å². The van der Waals surface area contributed by atoms with Crippen molar-refractivity contribution >= 4 is 19.7 Å². The van der Waals surface area contributed by atoms with E-state index in [9.17, 15) is 25.3 Å². The van der Waals surface area contributed by atoms with Gasteiger partial charge in [-0.2, -0.15) is 0 Å². The van der Waals surface area contributed by atoms with Gasteiger partial charge in [0.1, 0.15) is 0 Å². The standard InChI is InChI=1S/C14H23NO4Si.C8H9NO4/c1-14(2,3)20(4,5)19-10-12-6-11(9-16)7-13(8-12)15(17)18;10-4-6-1-7(5-11)3-8(2-6)9(12)13/h6-8,16H,9-10H2,1-5H3;1-3,10-11H,4-5H2/i9D2,10D2;4D2,5D2. The third kappa shape index (κ3) is 8.63. The van der Waals surface area contributed by atoms with Crippen molar-refractivity contribution in [3.05, 3.63) is 78.9 Å². The minimum Gasteiger partial charge on any atom is -0.413 e. The molecule has 0 saturated carbocycles. The molecule has 0 saturated heterocycles. The van der Waals surface area contributed by atoms with Crippen LogP contribution in [0.15, 0.2) is 36.4 Å². The SMILES string of the molecule is [2H]C([2H])(O)c1cc([N+](=O)[O-])cc(C([2H])([2H])O)c1.[2H]C([2H])(O)c1cc([N+](=O)[O-])cc(C([2H])([2H])O[Si](C)(C)C(C)(C)C)c1. The molecule has 0 aliphatic rings. The molecular weight excluding hydrogens is 448 g/mol. The van der Waals surface area contributed by atoms with Gasteiger partial charge in [-0.25, -0.2) is 0 Å². The van der Waals surface area contributed by atoms with Crippen LogP contribution in [-0.4, -0.2) is 33.5 Å². The molecular formula is C22H32N2O8Si. The molecule has 0 amide bonds. The number of hydrogen-bond acceptors (Lipinski definition) is 8. The molecule has 0 unspecified atom stereocenters. The van der Waals surface area contributed by atoms with Crippen molar-refractivity contribution in [2.45, 2.75) is 65.1 Å². The number of benzene rings is 2. The highest BCUT2D eigenvalue weighted by molar-refractivity contribution is 6.74. The molecule has 0 radical (unpaired) electrons. The fourth-order valence-electron chi connectivity index (χ4n) is 2.03. The van der Waals surface area contributed by atoms with Crippen molar-refractivity contribution in [1.82, 2.24) is 0 Å². The first kappa shape index (κ1) is 17.7. The van der Waals surface area contributed by atoms with Crippen LogP contribution in [0.4, 0.5) is 11.4 Å². The molecule has 33 heavy (non-hydrogen) atoms. The van der Waals surface area contributed by atoms with Crippen molar-refractivity contribution in [3.8, 4) is 0 Å². The van der Waals surface area contributed by atoms with Crippen LogP contribution in [0.2, 0.25) is 18.1 Å². The van der Waals surface area contributed by atoms with Gasteiger partial charge in [0.15, 0.2) is 8.32 Å². The summed E-state index contributed by atoms with van der Waals surface area (Å²) >= 11 is 0. The average molecular weight is 489 g/mol. The van der Waals surface area contributed by atoms with Gasteiger partial charge in [0, 0.05) is 24.3 Å². The lowest BCUT2D eigenvalue weighted by atomic mass is 10.1. The fourth-order valence-corrected chi connectivity index (χ4v) is 2.70. The number of nitro benzene ring substituents is 2. The van der Waals surface area contributed by atoms with E-state index in [4.69, 9.17) is 25.6 Å². The Balaban J connectivity index is 0.000000435. The number of hydrogen-bond donors (Lipinski definition) is 3. The molecule has 0 aromatic heterocycles. The topological polar surface area (TPSA) is 156 Å². The Morgan fingerprint density at radius 3 is 1.45 bits per heavy atom. The summed E-state index contributed by atoms with van der Waals surface area (Å²) in [4.78, 5) is 20.0. The maximum Gasteiger partial charge on any atom is 0.270 e. The summed E-state index contributed by atoms with van der Waals surface area (Å²) in [5.74, 6) is 0. The normalized spacial score (nSPS) is 16.8. The van der Waals surface area contributed by atoms with E-state index >= 15 is 0 Å². The molecule has 2 rings (SSSR count). The molecule has 0 aliphatic carbocycles. The summed E-state index contributed by atoms with van der Waals surface area (Å²) in [6.07, 6.45) is 0. The molecule has 182 valence electrons. The molecule has 0 bridgehead atoms. The maximum atomic E-state index is 11.1. The zero-order valence-electron chi connectivity index (χ0n) is 26.7. The molecule has 2 aromatic rings. The molecule has 11 heteroatoms. The highest BCUT2D eigenvalue weighted by Gasteiger charge is 2.37. The lowest BCUT2D eigenvalue weighted by Crippen LogP contribution is -2.40. The zero-order valence-corrected chi connectivity index (χ0v) is 19.7. The molecule has 0 aliphatic heterocycles. The third-order valence-corrected chi connectivity index (χ3v) is 9.10. The molecule has 2 aromatic carbocycles. The first-order chi connectivity index (χ1) is 18.0. The molecule has 0 heterocycles. The quantitative estimate of drug-likeness (QED) is 0.284. The molecule has 0 fully saturated rings. The van der Waals surface area contributed by atoms with E-state index in [-0.39, 0.29) is 10.6 Å². The minimum atomic E-state index is -2.86. The third-order valence-electron chi connectivity index (χ3n) is 4.87. The van der Waals surface area contributed by atoms with Gasteiger partial charge in [0.25, 0.3) is 11.4 Å². The number of aliphatic hydroxyl groups is 3. The number of non-ortho nitro benzene ring substituents is 2. The molecule has 0 spiro atoms. The van der Waals surface area contributed by atoms with Gasteiger partial charge in [-0.05, 0) is 40.4 Å². The van der Waals surface area contributed by atoms with E-state index in [0.717, 1.165) is 36.4 Å². The fraction of sp³-hybridized carbons (Fsp3) is 0.455. The second-order valence-corrected chi connectivity index (χ2v) is 13.1. The second kappa shape index (κ2) is 12.0. The molecule has 3 N–H and O–H groups in total. The van der Waals surface area contributed by atoms with E-state index in [0.29, 0.717) is 0 Å². The van der Waals surface area contributed by atoms with Crippen LogP contribution in [0.5, 0.6) is 0 Å². The lowest BCUT2D eigenvalue weighted by Gasteiger charge is -2.36. The van der Waals surface area contributed by atoms with Crippen LogP contribution in [0.1, 0.15) is 54.0 Å². The Morgan fingerprint density at radius 1 is 0.818 bits per heavy atom. The summed E-state index contributed by atoms with van der Waals surface area (Å²) in [6, 6.07) is 5.31. The summed E-state index contributed by atoms with van der Waals surface area (Å²) in [5, 5.41) is 49.0. The van der Waals surface area contributed by atoms with Gasteiger partial charge in [-0.1, -0.05) is 32.9 Å². The molecule has 0 atom stereocenters. The number of nitrogens with zero attached hydrogens (tertiary/aromatic N) is 2. The predicted octanol–water partition coefficient (Wildman–Crippen LogP) is 4.19. The van der Waals surface area contributed by atoms with Gasteiger partial charge in [-0.15, -0.1) is 0 Å². The largest absolute Gasteiger partial charge is 0.413 e. The first-order valence-corrected chi connectivity index (χ1v) is 12.4. The van der Waals surface area contributed by atoms with Crippen LogP contribution in [-0.2, 0) is 30.7 Å². The Labute approximate surface area is 205 Å². The maximum absolute atomic E-state index is 11.1. The van der Waals surface area contributed by atoms with E-state index in [2.05, 4.69) is 0 Å². The summed E-state index contributed by atoms with van der Waals surface area (Å²) in [6.45, 7) is -1.41. The molecule has 10 nitrogen and oxygen atoms in total. The van der Waals surface area contributed by atoms with Crippen LogP contribution in [0.25, 0.3) is 0 Å². The lowest BCUT2D eigenvalue weighted by molar-refractivity contribution is -0.385. The Bertz CT molecular complexity index is 1250. The van der Waals surface area contributed by atoms with E-state index in [1.807, 2.05) is 33.9 Å². The smallest absolute Gasteiger partial charge is 0.270 e. The Hall–Kier alpha value is -2.70. The van der Waals surface area contributed by atoms with Crippen molar-refractivity contribution in [1.29, 1.82) is 0 Å². The summed E-state index contributed by atoms with van der Waals surface area (Å²) < 4.78 is 64.8. The highest BCUT2D eigenvalue weighted by atomic mass is 28.4. The van der Waals surface area contributed by atoms with Crippen LogP contribution in [0.3, 0.4) is 0 Å². The monoisotopic (exact) mass is 488 g/mol. The summed E-state index contributed by atoms with van der Waals surface area (Å²) in [5.41, 5.74) is -2.72. The minimum absolute atomic E-state index is 0.200. The van der Waals surface area contributed by atoms with Crippen LogP contribution >= 0.6 is 0 Å². The number of nitro groups is 2. The van der Waals surface area contributed by atoms with Crippen LogP contribution < -0.4 is 0 Å².